The molecule has 4 heterocycles. The highest BCUT2D eigenvalue weighted by molar-refractivity contribution is 5.97. The van der Waals surface area contributed by atoms with Crippen molar-refractivity contribution in [2.24, 2.45) is 5.92 Å². The molecule has 0 N–H and O–H groups in total. The molecule has 0 saturated carbocycles. The third kappa shape index (κ3) is 2.31. The second kappa shape index (κ2) is 6.51. The van der Waals surface area contributed by atoms with Gasteiger partial charge in [-0.15, -0.1) is 0 Å². The number of hydrogen-bond acceptors (Lipinski definition) is 4. The highest BCUT2D eigenvalue weighted by Gasteiger charge is 2.58. The summed E-state index contributed by atoms with van der Waals surface area (Å²) in [7, 11) is 0. The van der Waals surface area contributed by atoms with Crippen molar-refractivity contribution in [2.75, 3.05) is 4.90 Å². The van der Waals surface area contributed by atoms with Gasteiger partial charge in [-0.1, -0.05) is 44.2 Å². The van der Waals surface area contributed by atoms with Gasteiger partial charge in [0.05, 0.1) is 16.9 Å². The number of rotatable bonds is 1. The molecule has 1 aromatic heterocycles. The molecule has 0 aliphatic carbocycles. The first-order valence-electron chi connectivity index (χ1n) is 11.1. The van der Waals surface area contributed by atoms with Crippen LogP contribution >= 0.6 is 0 Å². The molecule has 3 aliphatic rings. The molecule has 32 heavy (non-hydrogen) atoms. The van der Waals surface area contributed by atoms with Crippen LogP contribution in [-0.4, -0.2) is 32.4 Å². The Balaban J connectivity index is 1.61. The molecule has 0 radical (unpaired) electrons. The van der Waals surface area contributed by atoms with E-state index in [1.807, 2.05) is 61.2 Å². The minimum absolute atomic E-state index is 0.00761. The largest absolute Gasteiger partial charge is 0.309 e. The zero-order chi connectivity index (χ0) is 22.3. The summed E-state index contributed by atoms with van der Waals surface area (Å²) in [6.45, 7) is 5.45. The van der Waals surface area contributed by atoms with Gasteiger partial charge in [-0.25, -0.2) is 4.98 Å². The fraction of sp³-hybridized carbons (Fsp3) is 0.360. The lowest BCUT2D eigenvalue weighted by molar-refractivity contribution is -0.142. The predicted octanol–water partition coefficient (Wildman–Crippen LogP) is 3.36. The number of nitrogens with zero attached hydrogens (tertiary/aromatic N) is 4. The molecule has 7 nitrogen and oxygen atoms in total. The minimum Gasteiger partial charge on any atom is -0.309 e. The minimum atomic E-state index is -0.651. The second-order valence-corrected chi connectivity index (χ2v) is 9.32. The van der Waals surface area contributed by atoms with E-state index in [0.29, 0.717) is 23.1 Å². The summed E-state index contributed by atoms with van der Waals surface area (Å²) < 4.78 is 1.63. The van der Waals surface area contributed by atoms with E-state index in [4.69, 9.17) is 4.98 Å². The molecular formula is C25H24N4O3. The van der Waals surface area contributed by atoms with Crippen molar-refractivity contribution in [2.45, 2.75) is 51.4 Å². The van der Waals surface area contributed by atoms with Crippen LogP contribution in [0, 0.1) is 5.92 Å². The molecule has 3 aliphatic heterocycles. The molecule has 1 saturated heterocycles. The lowest BCUT2D eigenvalue weighted by Crippen LogP contribution is -2.56. The third-order valence-electron chi connectivity index (χ3n) is 7.21. The van der Waals surface area contributed by atoms with Crippen molar-refractivity contribution in [3.8, 4) is 0 Å². The van der Waals surface area contributed by atoms with E-state index in [9.17, 15) is 14.4 Å². The summed E-state index contributed by atoms with van der Waals surface area (Å²) >= 11 is 0. The Morgan fingerprint density at radius 2 is 1.78 bits per heavy atom. The number of anilines is 1. The Morgan fingerprint density at radius 3 is 2.53 bits per heavy atom. The van der Waals surface area contributed by atoms with Gasteiger partial charge in [0, 0.05) is 18.5 Å². The number of carbonyl (C=O) groups excluding carboxylic acids is 2. The molecule has 6 rings (SSSR count). The van der Waals surface area contributed by atoms with Gasteiger partial charge in [0.2, 0.25) is 11.8 Å². The maximum absolute atomic E-state index is 14.0. The highest BCUT2D eigenvalue weighted by Crippen LogP contribution is 2.55. The Bertz CT molecular complexity index is 1360. The molecule has 0 spiro atoms. The van der Waals surface area contributed by atoms with Crippen LogP contribution in [0.25, 0.3) is 10.9 Å². The van der Waals surface area contributed by atoms with E-state index in [1.165, 1.54) is 0 Å². The number of fused-ring (bicyclic) bond motifs is 8. The van der Waals surface area contributed by atoms with E-state index >= 15 is 0 Å². The van der Waals surface area contributed by atoms with Gasteiger partial charge in [-0.05, 0) is 36.1 Å². The van der Waals surface area contributed by atoms with Gasteiger partial charge < -0.3 is 4.90 Å². The van der Waals surface area contributed by atoms with Crippen LogP contribution < -0.4 is 10.5 Å². The van der Waals surface area contributed by atoms with Crippen LogP contribution in [0.1, 0.15) is 56.6 Å². The smallest absolute Gasteiger partial charge is 0.262 e. The normalized spacial score (nSPS) is 25.7. The van der Waals surface area contributed by atoms with E-state index in [1.54, 1.807) is 22.5 Å². The molecule has 162 valence electrons. The molecule has 7 heteroatoms. The lowest BCUT2D eigenvalue weighted by Gasteiger charge is -2.42. The van der Waals surface area contributed by atoms with Crippen molar-refractivity contribution in [3.63, 3.8) is 0 Å². The van der Waals surface area contributed by atoms with Gasteiger partial charge >= 0.3 is 0 Å². The average Bonchev–Trinajstić information content (AvgIpc) is 3.30. The summed E-state index contributed by atoms with van der Waals surface area (Å²) in [6, 6.07) is 14.2. The van der Waals surface area contributed by atoms with Crippen LogP contribution in [0.5, 0.6) is 0 Å². The summed E-state index contributed by atoms with van der Waals surface area (Å²) in [6.07, 6.45) is 0.244. The zero-order valence-corrected chi connectivity index (χ0v) is 18.2. The molecular weight excluding hydrogens is 404 g/mol. The first kappa shape index (κ1) is 19.2. The number of hydrogen-bond donors (Lipinski definition) is 0. The number of para-hydroxylation sites is 2. The Morgan fingerprint density at radius 1 is 1.06 bits per heavy atom. The molecule has 1 fully saturated rings. The Labute approximate surface area is 185 Å². The Hall–Kier alpha value is -3.48. The van der Waals surface area contributed by atoms with Gasteiger partial charge in [-0.3, -0.25) is 23.9 Å². The quantitative estimate of drug-likeness (QED) is 0.596. The highest BCUT2D eigenvalue weighted by atomic mass is 16.2. The fourth-order valence-corrected chi connectivity index (χ4v) is 5.99. The second-order valence-electron chi connectivity index (χ2n) is 9.32. The first-order valence-corrected chi connectivity index (χ1v) is 11.1. The van der Waals surface area contributed by atoms with E-state index in [2.05, 4.69) is 0 Å². The van der Waals surface area contributed by atoms with Gasteiger partial charge in [0.25, 0.3) is 5.56 Å². The fourth-order valence-electron chi connectivity index (χ4n) is 5.99. The van der Waals surface area contributed by atoms with Crippen molar-refractivity contribution >= 4 is 28.4 Å². The van der Waals surface area contributed by atoms with E-state index in [0.717, 1.165) is 11.3 Å². The number of carbonyl (C=O) groups is 2. The summed E-state index contributed by atoms with van der Waals surface area (Å²) in [5.41, 5.74) is 2.42. The van der Waals surface area contributed by atoms with Crippen molar-refractivity contribution in [1.29, 1.82) is 0 Å². The third-order valence-corrected chi connectivity index (χ3v) is 7.21. The molecule has 2 aromatic carbocycles. The van der Waals surface area contributed by atoms with Crippen molar-refractivity contribution in [3.05, 3.63) is 70.3 Å². The van der Waals surface area contributed by atoms with E-state index in [-0.39, 0.29) is 41.4 Å². The summed E-state index contributed by atoms with van der Waals surface area (Å²) in [5.74, 6) is 0.322. The monoisotopic (exact) mass is 428 g/mol. The lowest BCUT2D eigenvalue weighted by atomic mass is 9.95. The molecule has 2 amide bonds. The zero-order valence-electron chi connectivity index (χ0n) is 18.2. The Kier molecular flexibility index (Phi) is 3.91. The molecule has 4 atom stereocenters. The first-order chi connectivity index (χ1) is 15.4. The van der Waals surface area contributed by atoms with Gasteiger partial charge in [0.1, 0.15) is 18.0 Å². The van der Waals surface area contributed by atoms with Gasteiger partial charge in [0.15, 0.2) is 0 Å². The van der Waals surface area contributed by atoms with Crippen LogP contribution in [-0.2, 0) is 9.59 Å². The maximum Gasteiger partial charge on any atom is 0.262 e. The molecule has 0 bridgehead atoms. The standard InChI is InChI=1S/C25H24N4O3/c1-13(2)21-25(32)28-20(22-26-18-10-6-4-9-16(18)24(31)29(21)22)12-17-15-8-5-7-11-19(15)27(14(3)30)23(17)28/h4-11,13,17,20-21,23H,12H2,1-3H3/t17-,20-,21-,23-/m0/s1. The van der Waals surface area contributed by atoms with Crippen LogP contribution in [0.4, 0.5) is 5.69 Å². The average molecular weight is 428 g/mol. The number of benzene rings is 2. The molecule has 0 unspecified atom stereocenters. The summed E-state index contributed by atoms with van der Waals surface area (Å²) in [4.78, 5) is 48.7. The summed E-state index contributed by atoms with van der Waals surface area (Å²) in [5, 5.41) is 0.525. The van der Waals surface area contributed by atoms with E-state index < -0.39 is 6.04 Å². The van der Waals surface area contributed by atoms with Gasteiger partial charge in [-0.2, -0.15) is 0 Å². The maximum atomic E-state index is 14.0. The van der Waals surface area contributed by atoms with Crippen LogP contribution in [0.2, 0.25) is 0 Å². The van der Waals surface area contributed by atoms with Crippen molar-refractivity contribution in [1.82, 2.24) is 14.5 Å². The number of aromatic nitrogens is 2. The number of amides is 2. The van der Waals surface area contributed by atoms with Crippen LogP contribution in [0.15, 0.2) is 53.3 Å². The van der Waals surface area contributed by atoms with Crippen molar-refractivity contribution < 1.29 is 9.59 Å². The molecule has 3 aromatic rings. The predicted molar refractivity (Wildman–Crippen MR) is 120 cm³/mol. The topological polar surface area (TPSA) is 75.5 Å². The SMILES string of the molecule is CC(=O)N1c2ccccc2[C@@H]2C[C@H]3c4nc5ccccc5c(=O)n4[C@@H](C(C)C)C(=O)N3[C@@H]21. The van der Waals surface area contributed by atoms with Crippen LogP contribution in [0.3, 0.4) is 0 Å².